The molecule has 2 aromatic carbocycles. The van der Waals surface area contributed by atoms with E-state index in [-0.39, 0.29) is 5.56 Å². The van der Waals surface area contributed by atoms with Crippen molar-refractivity contribution in [3.05, 3.63) is 58.6 Å². The first-order valence-corrected chi connectivity index (χ1v) is 7.87. The SMILES string of the molecule is Cc1ccc(-c2nc3ccc(Cl)cc3c(C(=O)O)c2N(C)C)cc1. The second-order valence-corrected chi connectivity index (χ2v) is 6.35. The number of aromatic carboxylic acids is 1. The van der Waals surface area contributed by atoms with Crippen LogP contribution in [0.5, 0.6) is 0 Å². The number of hydrogen-bond donors (Lipinski definition) is 1. The molecule has 0 spiro atoms. The van der Waals surface area contributed by atoms with E-state index in [1.165, 1.54) is 0 Å². The monoisotopic (exact) mass is 340 g/mol. The van der Waals surface area contributed by atoms with Gasteiger partial charge in [-0.3, -0.25) is 0 Å². The van der Waals surface area contributed by atoms with Crippen LogP contribution in [0.25, 0.3) is 22.2 Å². The first kappa shape index (κ1) is 16.3. The molecule has 0 unspecified atom stereocenters. The molecule has 0 radical (unpaired) electrons. The summed E-state index contributed by atoms with van der Waals surface area (Å²) in [5, 5.41) is 10.8. The van der Waals surface area contributed by atoms with Gasteiger partial charge >= 0.3 is 5.97 Å². The number of aryl methyl sites for hydroxylation is 1. The minimum absolute atomic E-state index is 0.211. The number of fused-ring (bicyclic) bond motifs is 1. The van der Waals surface area contributed by atoms with Crippen molar-refractivity contribution in [3.63, 3.8) is 0 Å². The zero-order chi connectivity index (χ0) is 17.4. The normalized spacial score (nSPS) is 10.8. The molecule has 0 aliphatic heterocycles. The second-order valence-electron chi connectivity index (χ2n) is 5.91. The van der Waals surface area contributed by atoms with Crippen molar-refractivity contribution in [2.24, 2.45) is 0 Å². The zero-order valence-corrected chi connectivity index (χ0v) is 14.4. The number of pyridine rings is 1. The maximum absolute atomic E-state index is 12.0. The summed E-state index contributed by atoms with van der Waals surface area (Å²) in [5.74, 6) is -0.998. The van der Waals surface area contributed by atoms with Crippen LogP contribution in [-0.2, 0) is 0 Å². The van der Waals surface area contributed by atoms with Crippen LogP contribution >= 0.6 is 11.6 Å². The van der Waals surface area contributed by atoms with Crippen molar-refractivity contribution in [2.45, 2.75) is 6.92 Å². The predicted octanol–water partition coefficient (Wildman–Crippen LogP) is 4.63. The zero-order valence-electron chi connectivity index (χ0n) is 13.7. The molecule has 1 aromatic heterocycles. The van der Waals surface area contributed by atoms with E-state index in [1.54, 1.807) is 23.1 Å². The molecule has 0 atom stereocenters. The van der Waals surface area contributed by atoms with E-state index < -0.39 is 5.97 Å². The molecule has 0 saturated heterocycles. The highest BCUT2D eigenvalue weighted by Gasteiger charge is 2.22. The molecule has 3 rings (SSSR count). The first-order chi connectivity index (χ1) is 11.4. The third kappa shape index (κ3) is 2.81. The lowest BCUT2D eigenvalue weighted by molar-refractivity contribution is 0.0699. The fraction of sp³-hybridized carbons (Fsp3) is 0.158. The van der Waals surface area contributed by atoms with Gasteiger partial charge in [0.1, 0.15) is 0 Å². The first-order valence-electron chi connectivity index (χ1n) is 7.49. The highest BCUT2D eigenvalue weighted by molar-refractivity contribution is 6.31. The Balaban J connectivity index is 2.44. The summed E-state index contributed by atoms with van der Waals surface area (Å²) in [6.45, 7) is 2.01. The average Bonchev–Trinajstić information content (AvgIpc) is 2.53. The average molecular weight is 341 g/mol. The lowest BCUT2D eigenvalue weighted by Crippen LogP contribution is -2.16. The van der Waals surface area contributed by atoms with Gasteiger partial charge in [0, 0.05) is 30.1 Å². The Bertz CT molecular complexity index is 934. The molecule has 0 saturated carbocycles. The number of carboxylic acids is 1. The lowest BCUT2D eigenvalue weighted by Gasteiger charge is -2.21. The Morgan fingerprint density at radius 3 is 2.38 bits per heavy atom. The number of carboxylic acid groups (broad SMARTS) is 1. The summed E-state index contributed by atoms with van der Waals surface area (Å²) in [6, 6.07) is 13.0. The molecule has 24 heavy (non-hydrogen) atoms. The van der Waals surface area contributed by atoms with Gasteiger partial charge in [0.15, 0.2) is 0 Å². The molecule has 0 fully saturated rings. The van der Waals surface area contributed by atoms with E-state index in [9.17, 15) is 9.90 Å². The number of rotatable bonds is 3. The number of hydrogen-bond acceptors (Lipinski definition) is 3. The second kappa shape index (κ2) is 6.13. The maximum atomic E-state index is 12.0. The van der Waals surface area contributed by atoms with Crippen molar-refractivity contribution in [2.75, 3.05) is 19.0 Å². The van der Waals surface area contributed by atoms with Crippen molar-refractivity contribution in [1.82, 2.24) is 4.98 Å². The number of halogens is 1. The van der Waals surface area contributed by atoms with Gasteiger partial charge in [0.2, 0.25) is 0 Å². The number of nitrogens with zero attached hydrogens (tertiary/aromatic N) is 2. The van der Waals surface area contributed by atoms with E-state index in [2.05, 4.69) is 0 Å². The number of aromatic nitrogens is 1. The Kier molecular flexibility index (Phi) is 4.16. The highest BCUT2D eigenvalue weighted by atomic mass is 35.5. The Hall–Kier alpha value is -2.59. The summed E-state index contributed by atoms with van der Waals surface area (Å²) in [5.41, 5.74) is 4.05. The number of anilines is 1. The highest BCUT2D eigenvalue weighted by Crippen LogP contribution is 2.37. The summed E-state index contributed by atoms with van der Waals surface area (Å²) in [4.78, 5) is 18.5. The fourth-order valence-electron chi connectivity index (χ4n) is 2.79. The minimum atomic E-state index is -0.998. The van der Waals surface area contributed by atoms with Crippen molar-refractivity contribution >= 4 is 34.2 Å². The summed E-state index contributed by atoms with van der Waals surface area (Å²) >= 11 is 6.07. The third-order valence-corrected chi connectivity index (χ3v) is 4.14. The largest absolute Gasteiger partial charge is 0.478 e. The van der Waals surface area contributed by atoms with Crippen LogP contribution in [0.4, 0.5) is 5.69 Å². The van der Waals surface area contributed by atoms with Crippen LogP contribution in [0.3, 0.4) is 0 Å². The predicted molar refractivity (Wildman–Crippen MR) is 98.2 cm³/mol. The summed E-state index contributed by atoms with van der Waals surface area (Å²) < 4.78 is 0. The van der Waals surface area contributed by atoms with Gasteiger partial charge in [0.05, 0.1) is 22.5 Å². The lowest BCUT2D eigenvalue weighted by atomic mass is 10.00. The van der Waals surface area contributed by atoms with Gasteiger partial charge in [-0.15, -0.1) is 0 Å². The van der Waals surface area contributed by atoms with E-state index in [0.29, 0.717) is 27.3 Å². The van der Waals surface area contributed by atoms with Crippen molar-refractivity contribution in [1.29, 1.82) is 0 Å². The Labute approximate surface area is 145 Å². The standard InChI is InChI=1S/C19H17ClN2O2/c1-11-4-6-12(7-5-11)17-18(22(2)3)16(19(23)24)14-10-13(20)8-9-15(14)21-17/h4-10H,1-3H3,(H,23,24). The number of benzene rings is 2. The molecule has 5 heteroatoms. The maximum Gasteiger partial charge on any atom is 0.338 e. The van der Waals surface area contributed by atoms with Gasteiger partial charge in [-0.2, -0.15) is 0 Å². The van der Waals surface area contributed by atoms with Crippen molar-refractivity contribution in [3.8, 4) is 11.3 Å². The van der Waals surface area contributed by atoms with Gasteiger partial charge in [-0.1, -0.05) is 41.4 Å². The van der Waals surface area contributed by atoms with E-state index in [1.807, 2.05) is 45.3 Å². The summed E-state index contributed by atoms with van der Waals surface area (Å²) in [7, 11) is 3.63. The minimum Gasteiger partial charge on any atom is -0.478 e. The molecule has 0 aliphatic rings. The van der Waals surface area contributed by atoms with Crippen LogP contribution in [0, 0.1) is 6.92 Å². The van der Waals surface area contributed by atoms with E-state index in [0.717, 1.165) is 11.1 Å². The molecule has 0 amide bonds. The fourth-order valence-corrected chi connectivity index (χ4v) is 2.96. The van der Waals surface area contributed by atoms with Crippen LogP contribution in [0.1, 0.15) is 15.9 Å². The third-order valence-electron chi connectivity index (χ3n) is 3.91. The molecule has 1 heterocycles. The van der Waals surface area contributed by atoms with Gasteiger partial charge in [-0.05, 0) is 25.1 Å². The summed E-state index contributed by atoms with van der Waals surface area (Å²) in [6.07, 6.45) is 0. The van der Waals surface area contributed by atoms with Crippen LogP contribution < -0.4 is 4.90 Å². The quantitative estimate of drug-likeness (QED) is 0.755. The van der Waals surface area contributed by atoms with Gasteiger partial charge in [0.25, 0.3) is 0 Å². The molecule has 0 aliphatic carbocycles. The molecule has 122 valence electrons. The Morgan fingerprint density at radius 1 is 1.12 bits per heavy atom. The van der Waals surface area contributed by atoms with E-state index in [4.69, 9.17) is 16.6 Å². The van der Waals surface area contributed by atoms with Gasteiger partial charge < -0.3 is 10.0 Å². The topological polar surface area (TPSA) is 53.4 Å². The van der Waals surface area contributed by atoms with Crippen LogP contribution in [0.15, 0.2) is 42.5 Å². The molecule has 4 nitrogen and oxygen atoms in total. The number of carbonyl (C=O) groups is 1. The van der Waals surface area contributed by atoms with E-state index >= 15 is 0 Å². The molecule has 3 aromatic rings. The Morgan fingerprint density at radius 2 is 1.79 bits per heavy atom. The molecule has 1 N–H and O–H groups in total. The van der Waals surface area contributed by atoms with Gasteiger partial charge in [-0.25, -0.2) is 9.78 Å². The van der Waals surface area contributed by atoms with Crippen molar-refractivity contribution < 1.29 is 9.90 Å². The molecular weight excluding hydrogens is 324 g/mol. The molecule has 0 bridgehead atoms. The van der Waals surface area contributed by atoms with Crippen LogP contribution in [-0.4, -0.2) is 30.2 Å². The van der Waals surface area contributed by atoms with Crippen LogP contribution in [0.2, 0.25) is 5.02 Å². The smallest absolute Gasteiger partial charge is 0.338 e. The molecular formula is C19H17ClN2O2.